The molecule has 1 aromatic heterocycles. The molecule has 0 aliphatic carbocycles. The lowest BCUT2D eigenvalue weighted by molar-refractivity contribution is 0.0696. The predicted octanol–water partition coefficient (Wildman–Crippen LogP) is 2.71. The lowest BCUT2D eigenvalue weighted by Gasteiger charge is -1.96. The van der Waals surface area contributed by atoms with Crippen LogP contribution in [0.4, 0.5) is 5.95 Å². The molecule has 0 atom stereocenters. The van der Waals surface area contributed by atoms with Crippen molar-refractivity contribution in [1.29, 1.82) is 0 Å². The molecule has 0 amide bonds. The van der Waals surface area contributed by atoms with Crippen molar-refractivity contribution in [3.05, 3.63) is 52.3 Å². The van der Waals surface area contributed by atoms with E-state index in [0.717, 1.165) is 11.3 Å². The second-order valence-electron chi connectivity index (χ2n) is 3.81. The van der Waals surface area contributed by atoms with Crippen LogP contribution in [0.2, 0.25) is 5.15 Å². The first kappa shape index (κ1) is 14.9. The second kappa shape index (κ2) is 6.70. The Kier molecular flexibility index (Phi) is 5.26. The van der Waals surface area contributed by atoms with E-state index in [4.69, 9.17) is 22.4 Å². The molecule has 5 nitrogen and oxygen atoms in total. The van der Waals surface area contributed by atoms with Crippen LogP contribution in [-0.2, 0) is 0 Å². The Balaban J connectivity index is 0.000000191. The number of benzene rings is 1. The number of aryl methyl sites for hydroxylation is 2. The van der Waals surface area contributed by atoms with Gasteiger partial charge >= 0.3 is 5.97 Å². The van der Waals surface area contributed by atoms with Crippen molar-refractivity contribution in [3.63, 3.8) is 0 Å². The number of hydrogen-bond acceptors (Lipinski definition) is 4. The van der Waals surface area contributed by atoms with E-state index in [1.807, 2.05) is 13.0 Å². The topological polar surface area (TPSA) is 89.1 Å². The normalized spacial score (nSPS) is 9.42. The van der Waals surface area contributed by atoms with Gasteiger partial charge in [0.25, 0.3) is 0 Å². The van der Waals surface area contributed by atoms with Crippen LogP contribution in [-0.4, -0.2) is 21.0 Å². The number of hydrogen-bond donors (Lipinski definition) is 2. The average Bonchev–Trinajstić information content (AvgIpc) is 2.27. The van der Waals surface area contributed by atoms with Gasteiger partial charge < -0.3 is 10.8 Å². The third-order valence-corrected chi connectivity index (χ3v) is 2.41. The van der Waals surface area contributed by atoms with Crippen molar-refractivity contribution in [2.75, 3.05) is 5.73 Å². The van der Waals surface area contributed by atoms with E-state index >= 15 is 0 Å². The Labute approximate surface area is 116 Å². The molecule has 19 heavy (non-hydrogen) atoms. The number of halogens is 1. The zero-order valence-corrected chi connectivity index (χ0v) is 11.3. The molecular weight excluding hydrogens is 266 g/mol. The van der Waals surface area contributed by atoms with E-state index in [1.54, 1.807) is 31.2 Å². The minimum Gasteiger partial charge on any atom is -0.478 e. The molecule has 0 saturated carbocycles. The maximum absolute atomic E-state index is 10.4. The van der Waals surface area contributed by atoms with E-state index in [0.29, 0.717) is 10.7 Å². The van der Waals surface area contributed by atoms with Crippen molar-refractivity contribution < 1.29 is 9.90 Å². The Hall–Kier alpha value is -2.14. The SMILES string of the molecule is Cc1cc(Cl)nc(N)n1.Cc1ccccc1C(=O)O. The van der Waals surface area contributed by atoms with Gasteiger partial charge in [-0.05, 0) is 31.5 Å². The summed E-state index contributed by atoms with van der Waals surface area (Å²) in [5.74, 6) is -0.641. The van der Waals surface area contributed by atoms with E-state index in [1.165, 1.54) is 0 Å². The monoisotopic (exact) mass is 279 g/mol. The lowest BCUT2D eigenvalue weighted by Crippen LogP contribution is -1.97. The van der Waals surface area contributed by atoms with Gasteiger partial charge in [0.05, 0.1) is 5.56 Å². The summed E-state index contributed by atoms with van der Waals surface area (Å²) in [6, 6.07) is 8.57. The number of carbonyl (C=O) groups is 1. The zero-order valence-electron chi connectivity index (χ0n) is 10.6. The maximum Gasteiger partial charge on any atom is 0.335 e. The molecule has 1 aromatic carbocycles. The molecule has 100 valence electrons. The van der Waals surface area contributed by atoms with E-state index in [9.17, 15) is 4.79 Å². The summed E-state index contributed by atoms with van der Waals surface area (Å²) in [4.78, 5) is 17.9. The number of aromatic nitrogens is 2. The molecule has 2 aromatic rings. The molecular formula is C13H14ClN3O2. The Morgan fingerprint density at radius 1 is 1.26 bits per heavy atom. The fraction of sp³-hybridized carbons (Fsp3) is 0.154. The number of nitrogens with two attached hydrogens (primary N) is 1. The van der Waals surface area contributed by atoms with Crippen molar-refractivity contribution in [2.24, 2.45) is 0 Å². The van der Waals surface area contributed by atoms with Crippen LogP contribution < -0.4 is 5.73 Å². The molecule has 6 heteroatoms. The van der Waals surface area contributed by atoms with Crippen molar-refractivity contribution >= 4 is 23.5 Å². The lowest BCUT2D eigenvalue weighted by atomic mass is 10.1. The summed E-state index contributed by atoms with van der Waals surface area (Å²) in [6.45, 7) is 3.59. The van der Waals surface area contributed by atoms with Gasteiger partial charge in [-0.25, -0.2) is 14.8 Å². The third-order valence-electron chi connectivity index (χ3n) is 2.22. The highest BCUT2D eigenvalue weighted by atomic mass is 35.5. The Bertz CT molecular complexity index is 537. The fourth-order valence-electron chi connectivity index (χ4n) is 1.36. The minimum atomic E-state index is -0.863. The molecule has 2 rings (SSSR count). The average molecular weight is 280 g/mol. The fourth-order valence-corrected chi connectivity index (χ4v) is 1.61. The van der Waals surface area contributed by atoms with Crippen molar-refractivity contribution in [1.82, 2.24) is 9.97 Å². The van der Waals surface area contributed by atoms with Crippen LogP contribution in [0, 0.1) is 13.8 Å². The summed E-state index contributed by atoms with van der Waals surface area (Å²) >= 11 is 5.52. The van der Waals surface area contributed by atoms with E-state index < -0.39 is 5.97 Å². The first-order valence-electron chi connectivity index (χ1n) is 5.45. The molecule has 1 heterocycles. The Morgan fingerprint density at radius 3 is 2.32 bits per heavy atom. The highest BCUT2D eigenvalue weighted by molar-refractivity contribution is 6.29. The molecule has 0 saturated heterocycles. The molecule has 0 aliphatic rings. The van der Waals surface area contributed by atoms with Gasteiger partial charge in [0.2, 0.25) is 5.95 Å². The van der Waals surface area contributed by atoms with Gasteiger partial charge in [0, 0.05) is 5.69 Å². The molecule has 0 unspecified atom stereocenters. The van der Waals surface area contributed by atoms with Crippen molar-refractivity contribution in [3.8, 4) is 0 Å². The van der Waals surface area contributed by atoms with Gasteiger partial charge in [0.1, 0.15) is 5.15 Å². The largest absolute Gasteiger partial charge is 0.478 e. The smallest absolute Gasteiger partial charge is 0.335 e. The molecule has 0 bridgehead atoms. The van der Waals surface area contributed by atoms with Crippen molar-refractivity contribution in [2.45, 2.75) is 13.8 Å². The molecule has 0 fully saturated rings. The number of carboxylic acid groups (broad SMARTS) is 1. The summed E-state index contributed by atoms with van der Waals surface area (Å²) < 4.78 is 0. The Morgan fingerprint density at radius 2 is 1.89 bits per heavy atom. The van der Waals surface area contributed by atoms with Gasteiger partial charge in [0.15, 0.2) is 0 Å². The summed E-state index contributed by atoms with van der Waals surface area (Å²) in [7, 11) is 0. The van der Waals surface area contributed by atoms with Crippen LogP contribution in [0.25, 0.3) is 0 Å². The van der Waals surface area contributed by atoms with Crippen LogP contribution in [0.1, 0.15) is 21.6 Å². The van der Waals surface area contributed by atoms with Gasteiger partial charge in [-0.3, -0.25) is 0 Å². The van der Waals surface area contributed by atoms with Gasteiger partial charge in [-0.2, -0.15) is 0 Å². The van der Waals surface area contributed by atoms with E-state index in [2.05, 4.69) is 9.97 Å². The van der Waals surface area contributed by atoms with Crippen LogP contribution in [0.3, 0.4) is 0 Å². The maximum atomic E-state index is 10.4. The standard InChI is InChI=1S/C8H8O2.C5H6ClN3/c1-6-4-2-3-5-7(6)8(9)10;1-3-2-4(6)9-5(7)8-3/h2-5H,1H3,(H,9,10);2H,1H3,(H2,7,8,9). The summed E-state index contributed by atoms with van der Waals surface area (Å²) in [5, 5.41) is 8.95. The summed E-state index contributed by atoms with van der Waals surface area (Å²) in [5.41, 5.74) is 7.22. The molecule has 0 spiro atoms. The summed E-state index contributed by atoms with van der Waals surface area (Å²) in [6.07, 6.45) is 0. The number of aromatic carboxylic acids is 1. The first-order valence-corrected chi connectivity index (χ1v) is 5.83. The van der Waals surface area contributed by atoms with Gasteiger partial charge in [-0.15, -0.1) is 0 Å². The van der Waals surface area contributed by atoms with Crippen LogP contribution >= 0.6 is 11.6 Å². The second-order valence-corrected chi connectivity index (χ2v) is 4.20. The quantitative estimate of drug-likeness (QED) is 0.784. The number of nitrogens with zero attached hydrogens (tertiary/aromatic N) is 2. The highest BCUT2D eigenvalue weighted by Crippen LogP contribution is 2.06. The number of carboxylic acids is 1. The number of rotatable bonds is 1. The molecule has 3 N–H and O–H groups in total. The first-order chi connectivity index (χ1) is 8.90. The minimum absolute atomic E-state index is 0.222. The molecule has 0 radical (unpaired) electrons. The zero-order chi connectivity index (χ0) is 14.4. The third kappa shape index (κ3) is 4.93. The number of nitrogen functional groups attached to an aromatic ring is 1. The van der Waals surface area contributed by atoms with Crippen LogP contribution in [0.5, 0.6) is 0 Å². The molecule has 0 aliphatic heterocycles. The number of anilines is 1. The van der Waals surface area contributed by atoms with Crippen LogP contribution in [0.15, 0.2) is 30.3 Å². The van der Waals surface area contributed by atoms with Gasteiger partial charge in [-0.1, -0.05) is 29.8 Å². The van der Waals surface area contributed by atoms with E-state index in [-0.39, 0.29) is 5.95 Å². The highest BCUT2D eigenvalue weighted by Gasteiger charge is 2.02. The predicted molar refractivity (Wildman–Crippen MR) is 74.3 cm³/mol.